The van der Waals surface area contributed by atoms with Crippen LogP contribution in [0.25, 0.3) is 5.57 Å². The van der Waals surface area contributed by atoms with Crippen molar-refractivity contribution in [2.75, 3.05) is 4.90 Å². The number of nitrogens with zero attached hydrogens (tertiary/aromatic N) is 1. The van der Waals surface area contributed by atoms with Crippen LogP contribution in [-0.2, 0) is 9.59 Å². The van der Waals surface area contributed by atoms with Gasteiger partial charge in [-0.1, -0.05) is 12.1 Å². The van der Waals surface area contributed by atoms with Crippen LogP contribution in [-0.4, -0.2) is 34.2 Å². The first kappa shape index (κ1) is 16.8. The number of carbonyl (C=O) groups is 2. The van der Waals surface area contributed by atoms with Crippen molar-refractivity contribution in [3.8, 4) is 0 Å². The Hall–Kier alpha value is -2.30. The minimum Gasteiger partial charge on any atom is -0.478 e. The van der Waals surface area contributed by atoms with Gasteiger partial charge in [0.05, 0.1) is 5.57 Å². The third-order valence-corrected chi connectivity index (χ3v) is 3.09. The molecule has 2 N–H and O–H groups in total. The minimum absolute atomic E-state index is 0.227. The third kappa shape index (κ3) is 4.34. The molecule has 1 aromatic rings. The van der Waals surface area contributed by atoms with Gasteiger partial charge in [-0.2, -0.15) is 0 Å². The lowest BCUT2D eigenvalue weighted by molar-refractivity contribution is -0.133. The van der Waals surface area contributed by atoms with Gasteiger partial charge < -0.3 is 15.1 Å². The molecule has 0 aliphatic carbocycles. The van der Waals surface area contributed by atoms with Crippen LogP contribution in [0.5, 0.6) is 0 Å². The summed E-state index contributed by atoms with van der Waals surface area (Å²) in [7, 11) is 0. The number of rotatable bonds is 6. The van der Waals surface area contributed by atoms with Gasteiger partial charge >= 0.3 is 11.9 Å². The van der Waals surface area contributed by atoms with E-state index in [9.17, 15) is 9.59 Å². The van der Waals surface area contributed by atoms with E-state index in [1.165, 1.54) is 0 Å². The predicted octanol–water partition coefficient (Wildman–Crippen LogP) is 2.86. The molecule has 0 aliphatic heterocycles. The van der Waals surface area contributed by atoms with Crippen molar-refractivity contribution in [1.82, 2.24) is 0 Å². The van der Waals surface area contributed by atoms with Crippen LogP contribution in [0.4, 0.5) is 5.69 Å². The molecule has 0 heterocycles. The maximum absolute atomic E-state index is 11.1. The van der Waals surface area contributed by atoms with Crippen molar-refractivity contribution in [3.05, 3.63) is 35.9 Å². The molecule has 0 radical (unpaired) electrons. The Labute approximate surface area is 124 Å². The zero-order valence-corrected chi connectivity index (χ0v) is 12.7. The molecule has 5 heteroatoms. The van der Waals surface area contributed by atoms with Crippen LogP contribution in [0.2, 0.25) is 0 Å². The second kappa shape index (κ2) is 6.92. The fraction of sp³-hybridized carbons (Fsp3) is 0.375. The fourth-order valence-electron chi connectivity index (χ4n) is 2.40. The van der Waals surface area contributed by atoms with E-state index < -0.39 is 11.9 Å². The molecule has 1 aromatic carbocycles. The molecule has 0 unspecified atom stereocenters. The van der Waals surface area contributed by atoms with Gasteiger partial charge in [-0.3, -0.25) is 0 Å². The monoisotopic (exact) mass is 291 g/mol. The second-order valence-corrected chi connectivity index (χ2v) is 5.34. The molecule has 0 bridgehead atoms. The van der Waals surface area contributed by atoms with Crippen LogP contribution in [0.15, 0.2) is 30.3 Å². The van der Waals surface area contributed by atoms with E-state index in [0.717, 1.165) is 5.69 Å². The molecular weight excluding hydrogens is 270 g/mol. The fourth-order valence-corrected chi connectivity index (χ4v) is 2.40. The largest absolute Gasteiger partial charge is 0.478 e. The van der Waals surface area contributed by atoms with Crippen LogP contribution >= 0.6 is 0 Å². The summed E-state index contributed by atoms with van der Waals surface area (Å²) in [5, 5.41) is 17.8. The van der Waals surface area contributed by atoms with Crippen LogP contribution in [0.3, 0.4) is 0 Å². The third-order valence-electron chi connectivity index (χ3n) is 3.09. The molecule has 21 heavy (non-hydrogen) atoms. The zero-order chi connectivity index (χ0) is 16.2. The lowest BCUT2D eigenvalue weighted by Gasteiger charge is -2.33. The first-order valence-corrected chi connectivity index (χ1v) is 6.80. The quantitative estimate of drug-likeness (QED) is 0.788. The molecule has 5 nitrogen and oxygen atoms in total. The van der Waals surface area contributed by atoms with E-state index in [1.807, 2.05) is 12.1 Å². The molecule has 0 aromatic heterocycles. The molecule has 0 atom stereocenters. The van der Waals surface area contributed by atoms with Crippen LogP contribution < -0.4 is 4.90 Å². The van der Waals surface area contributed by atoms with Gasteiger partial charge in [-0.25, -0.2) is 9.59 Å². The Morgan fingerprint density at radius 3 is 1.81 bits per heavy atom. The molecule has 0 spiro atoms. The predicted molar refractivity (Wildman–Crippen MR) is 82.4 cm³/mol. The minimum atomic E-state index is -1.28. The van der Waals surface area contributed by atoms with E-state index in [0.29, 0.717) is 23.7 Å². The van der Waals surface area contributed by atoms with Crippen molar-refractivity contribution >= 4 is 23.2 Å². The second-order valence-electron chi connectivity index (χ2n) is 5.34. The number of hydrogen-bond donors (Lipinski definition) is 2. The molecule has 0 saturated carbocycles. The summed E-state index contributed by atoms with van der Waals surface area (Å²) in [5.41, 5.74) is 1.12. The summed E-state index contributed by atoms with van der Waals surface area (Å²) in [6.45, 7) is 8.34. The van der Waals surface area contributed by atoms with Gasteiger partial charge in [0, 0.05) is 23.8 Å². The maximum atomic E-state index is 11.1. The Morgan fingerprint density at radius 2 is 1.48 bits per heavy atom. The van der Waals surface area contributed by atoms with Crippen molar-refractivity contribution in [2.24, 2.45) is 0 Å². The smallest absolute Gasteiger partial charge is 0.336 e. The van der Waals surface area contributed by atoms with Crippen molar-refractivity contribution in [1.29, 1.82) is 0 Å². The first-order chi connectivity index (χ1) is 9.73. The standard InChI is InChI=1S/C16H21NO4/c1-10(2)17(11(3)4)13-7-5-12(6-8-13)14(16(20)21)9-15(18)19/h5-11H,1-4H3,(H,18,19)(H,20,21)/b14-9+. The van der Waals surface area contributed by atoms with Crippen molar-refractivity contribution in [2.45, 2.75) is 39.8 Å². The van der Waals surface area contributed by atoms with E-state index in [1.54, 1.807) is 12.1 Å². The lowest BCUT2D eigenvalue weighted by Crippen LogP contribution is -2.36. The summed E-state index contributed by atoms with van der Waals surface area (Å²) in [5.74, 6) is -2.53. The van der Waals surface area contributed by atoms with E-state index in [2.05, 4.69) is 32.6 Å². The number of benzene rings is 1. The molecule has 0 aliphatic rings. The Morgan fingerprint density at radius 1 is 1.00 bits per heavy atom. The van der Waals surface area contributed by atoms with Gasteiger partial charge in [0.25, 0.3) is 0 Å². The van der Waals surface area contributed by atoms with Crippen molar-refractivity contribution < 1.29 is 19.8 Å². The van der Waals surface area contributed by atoms with Gasteiger partial charge in [-0.05, 0) is 45.4 Å². The van der Waals surface area contributed by atoms with Gasteiger partial charge in [0.1, 0.15) is 0 Å². The van der Waals surface area contributed by atoms with Crippen molar-refractivity contribution in [3.63, 3.8) is 0 Å². The van der Waals surface area contributed by atoms with Gasteiger partial charge in [-0.15, -0.1) is 0 Å². The number of carboxylic acid groups (broad SMARTS) is 2. The lowest BCUT2D eigenvalue weighted by atomic mass is 10.0. The topological polar surface area (TPSA) is 77.8 Å². The summed E-state index contributed by atoms with van der Waals surface area (Å²) in [6, 6.07) is 7.52. The summed E-state index contributed by atoms with van der Waals surface area (Å²) in [4.78, 5) is 24.0. The molecule has 0 fully saturated rings. The maximum Gasteiger partial charge on any atom is 0.336 e. The molecule has 1 rings (SSSR count). The molecule has 114 valence electrons. The van der Waals surface area contributed by atoms with Crippen LogP contribution in [0, 0.1) is 0 Å². The van der Waals surface area contributed by atoms with E-state index >= 15 is 0 Å². The highest BCUT2D eigenvalue weighted by molar-refractivity contribution is 6.19. The van der Waals surface area contributed by atoms with Crippen LogP contribution in [0.1, 0.15) is 33.3 Å². The highest BCUT2D eigenvalue weighted by Gasteiger charge is 2.16. The average molecular weight is 291 g/mol. The average Bonchev–Trinajstić information content (AvgIpc) is 2.35. The molecule has 0 amide bonds. The SMILES string of the molecule is CC(C)N(c1ccc(/C(=C\C(=O)O)C(=O)O)cc1)C(C)C. The zero-order valence-electron chi connectivity index (χ0n) is 12.7. The van der Waals surface area contributed by atoms with Gasteiger partial charge in [0.2, 0.25) is 0 Å². The Balaban J connectivity index is 3.17. The number of hydrogen-bond acceptors (Lipinski definition) is 3. The summed E-state index contributed by atoms with van der Waals surface area (Å²) in [6.07, 6.45) is 0.708. The first-order valence-electron chi connectivity index (χ1n) is 6.80. The molecule has 0 saturated heterocycles. The highest BCUT2D eigenvalue weighted by Crippen LogP contribution is 2.23. The number of aliphatic carboxylic acids is 2. The Kier molecular flexibility index (Phi) is 5.52. The molecular formula is C16H21NO4. The summed E-state index contributed by atoms with van der Waals surface area (Å²) < 4.78 is 0. The normalized spacial score (nSPS) is 11.8. The van der Waals surface area contributed by atoms with E-state index in [-0.39, 0.29) is 5.57 Å². The van der Waals surface area contributed by atoms with Gasteiger partial charge in [0.15, 0.2) is 0 Å². The Bertz CT molecular complexity index is 536. The number of carboxylic acids is 2. The summed E-state index contributed by atoms with van der Waals surface area (Å²) >= 11 is 0. The van der Waals surface area contributed by atoms with E-state index in [4.69, 9.17) is 10.2 Å². The highest BCUT2D eigenvalue weighted by atomic mass is 16.4. The number of anilines is 1.